The van der Waals surface area contributed by atoms with E-state index < -0.39 is 12.1 Å². The number of urea groups is 1. The highest BCUT2D eigenvalue weighted by Crippen LogP contribution is 2.14. The maximum atomic E-state index is 12.2. The van der Waals surface area contributed by atoms with Crippen LogP contribution in [-0.4, -0.2) is 24.5 Å². The Hall–Kier alpha value is -2.04. The monoisotopic (exact) mass is 291 g/mol. The predicted octanol–water partition coefficient (Wildman–Crippen LogP) is 1.99. The van der Waals surface area contributed by atoms with Crippen molar-refractivity contribution in [3.8, 4) is 0 Å². The summed E-state index contributed by atoms with van der Waals surface area (Å²) in [5.41, 5.74) is 6.31. The molecule has 3 amide bonds. The van der Waals surface area contributed by atoms with Crippen molar-refractivity contribution in [2.75, 3.05) is 6.54 Å². The highest BCUT2D eigenvalue weighted by molar-refractivity contribution is 5.86. The summed E-state index contributed by atoms with van der Waals surface area (Å²) in [5, 5.41) is 5.41. The first-order valence-corrected chi connectivity index (χ1v) is 7.34. The molecular formula is C16H25N3O2. The SMILES string of the molecule is CC[C@H](C)[C@@H](NC(N)=O)C(=O)NC[C@@H](C)c1ccccc1. The fourth-order valence-corrected chi connectivity index (χ4v) is 2.12. The van der Waals surface area contributed by atoms with Gasteiger partial charge in [-0.15, -0.1) is 0 Å². The van der Waals surface area contributed by atoms with Gasteiger partial charge in [0, 0.05) is 6.54 Å². The number of hydrogen-bond acceptors (Lipinski definition) is 2. The van der Waals surface area contributed by atoms with Crippen LogP contribution in [0.1, 0.15) is 38.7 Å². The van der Waals surface area contributed by atoms with Crippen molar-refractivity contribution in [2.24, 2.45) is 11.7 Å². The molecule has 1 rings (SSSR count). The van der Waals surface area contributed by atoms with E-state index in [1.807, 2.05) is 44.2 Å². The quantitative estimate of drug-likeness (QED) is 0.717. The van der Waals surface area contributed by atoms with Gasteiger partial charge in [-0.1, -0.05) is 57.5 Å². The van der Waals surface area contributed by atoms with E-state index in [4.69, 9.17) is 5.73 Å². The third kappa shape index (κ3) is 5.45. The topological polar surface area (TPSA) is 84.2 Å². The van der Waals surface area contributed by atoms with Crippen LogP contribution in [0.4, 0.5) is 4.79 Å². The lowest BCUT2D eigenvalue weighted by molar-refractivity contribution is -0.124. The molecule has 116 valence electrons. The summed E-state index contributed by atoms with van der Waals surface area (Å²) in [6.45, 7) is 6.46. The van der Waals surface area contributed by atoms with Gasteiger partial charge < -0.3 is 16.4 Å². The smallest absolute Gasteiger partial charge is 0.312 e. The minimum absolute atomic E-state index is 0.0320. The van der Waals surface area contributed by atoms with E-state index in [-0.39, 0.29) is 17.7 Å². The number of amides is 3. The Morgan fingerprint density at radius 2 is 1.81 bits per heavy atom. The Kier molecular flexibility index (Phi) is 6.72. The van der Waals surface area contributed by atoms with Gasteiger partial charge in [0.15, 0.2) is 0 Å². The van der Waals surface area contributed by atoms with Crippen LogP contribution in [0.3, 0.4) is 0 Å². The van der Waals surface area contributed by atoms with Crippen molar-refractivity contribution in [1.29, 1.82) is 0 Å². The molecule has 0 radical (unpaired) electrons. The average Bonchev–Trinajstić information content (AvgIpc) is 2.49. The van der Waals surface area contributed by atoms with E-state index in [2.05, 4.69) is 17.6 Å². The molecule has 0 aliphatic carbocycles. The van der Waals surface area contributed by atoms with Crippen LogP contribution in [0.5, 0.6) is 0 Å². The molecule has 0 fully saturated rings. The predicted molar refractivity (Wildman–Crippen MR) is 83.8 cm³/mol. The molecule has 0 saturated heterocycles. The number of hydrogen-bond donors (Lipinski definition) is 3. The van der Waals surface area contributed by atoms with Crippen molar-refractivity contribution in [2.45, 2.75) is 39.2 Å². The third-order valence-corrected chi connectivity index (χ3v) is 3.74. The molecule has 3 atom stereocenters. The van der Waals surface area contributed by atoms with E-state index >= 15 is 0 Å². The van der Waals surface area contributed by atoms with Crippen LogP contribution < -0.4 is 16.4 Å². The zero-order chi connectivity index (χ0) is 15.8. The normalized spacial score (nSPS) is 14.8. The lowest BCUT2D eigenvalue weighted by atomic mass is 9.97. The summed E-state index contributed by atoms with van der Waals surface area (Å²) in [6.07, 6.45) is 0.784. The van der Waals surface area contributed by atoms with E-state index in [0.29, 0.717) is 6.54 Å². The highest BCUT2D eigenvalue weighted by Gasteiger charge is 2.25. The molecule has 5 heteroatoms. The minimum Gasteiger partial charge on any atom is -0.354 e. The number of nitrogens with two attached hydrogens (primary N) is 1. The van der Waals surface area contributed by atoms with Gasteiger partial charge in [0.05, 0.1) is 0 Å². The van der Waals surface area contributed by atoms with Crippen LogP contribution >= 0.6 is 0 Å². The molecular weight excluding hydrogens is 266 g/mol. The molecule has 1 aromatic carbocycles. The lowest BCUT2D eigenvalue weighted by Gasteiger charge is -2.23. The summed E-state index contributed by atoms with van der Waals surface area (Å²) in [4.78, 5) is 23.3. The highest BCUT2D eigenvalue weighted by atomic mass is 16.2. The van der Waals surface area contributed by atoms with Gasteiger partial charge >= 0.3 is 6.03 Å². The van der Waals surface area contributed by atoms with Crippen molar-refractivity contribution in [3.63, 3.8) is 0 Å². The van der Waals surface area contributed by atoms with Gasteiger partial charge in [-0.05, 0) is 17.4 Å². The first-order valence-electron chi connectivity index (χ1n) is 7.34. The first kappa shape index (κ1) is 17.0. The van der Waals surface area contributed by atoms with E-state index in [1.54, 1.807) is 0 Å². The summed E-state index contributed by atoms with van der Waals surface area (Å²) in [7, 11) is 0. The number of primary amides is 1. The number of carbonyl (C=O) groups excluding carboxylic acids is 2. The molecule has 0 aliphatic heterocycles. The van der Waals surface area contributed by atoms with Gasteiger partial charge in [-0.3, -0.25) is 4.79 Å². The van der Waals surface area contributed by atoms with Crippen molar-refractivity contribution in [1.82, 2.24) is 10.6 Å². The zero-order valence-electron chi connectivity index (χ0n) is 12.9. The molecule has 1 aromatic rings. The van der Waals surface area contributed by atoms with Gasteiger partial charge in [0.25, 0.3) is 0 Å². The van der Waals surface area contributed by atoms with Crippen LogP contribution in [0.15, 0.2) is 30.3 Å². The Bertz CT molecular complexity index is 462. The van der Waals surface area contributed by atoms with Crippen LogP contribution in [-0.2, 0) is 4.79 Å². The maximum Gasteiger partial charge on any atom is 0.312 e. The minimum atomic E-state index is -0.674. The van der Waals surface area contributed by atoms with Gasteiger partial charge in [0.1, 0.15) is 6.04 Å². The second-order valence-corrected chi connectivity index (χ2v) is 5.43. The summed E-state index contributed by atoms with van der Waals surface area (Å²) >= 11 is 0. The number of carbonyl (C=O) groups is 2. The molecule has 0 bridgehead atoms. The van der Waals surface area contributed by atoms with E-state index in [0.717, 1.165) is 6.42 Å². The maximum absolute atomic E-state index is 12.2. The van der Waals surface area contributed by atoms with Gasteiger partial charge in [-0.25, -0.2) is 4.79 Å². The molecule has 0 heterocycles. The Morgan fingerprint density at radius 1 is 1.19 bits per heavy atom. The molecule has 0 unspecified atom stereocenters. The second-order valence-electron chi connectivity index (χ2n) is 5.43. The van der Waals surface area contributed by atoms with Gasteiger partial charge in [-0.2, -0.15) is 0 Å². The largest absolute Gasteiger partial charge is 0.354 e. The fourth-order valence-electron chi connectivity index (χ4n) is 2.12. The first-order chi connectivity index (χ1) is 9.95. The summed E-state index contributed by atoms with van der Waals surface area (Å²) in [5.74, 6) is 0.0526. The molecule has 0 saturated carbocycles. The third-order valence-electron chi connectivity index (χ3n) is 3.74. The van der Waals surface area contributed by atoms with Crippen LogP contribution in [0, 0.1) is 5.92 Å². The molecule has 21 heavy (non-hydrogen) atoms. The van der Waals surface area contributed by atoms with Gasteiger partial charge in [0.2, 0.25) is 5.91 Å². The van der Waals surface area contributed by atoms with Crippen molar-refractivity contribution >= 4 is 11.9 Å². The zero-order valence-corrected chi connectivity index (χ0v) is 12.9. The standard InChI is InChI=1S/C16H25N3O2/c1-4-11(2)14(19-16(17)21)15(20)18-10-12(3)13-8-6-5-7-9-13/h5-9,11-12,14H,4,10H2,1-3H3,(H,18,20)(H3,17,19,21)/t11-,12+,14+/m0/s1. The molecule has 0 spiro atoms. The summed E-state index contributed by atoms with van der Waals surface area (Å²) in [6, 6.07) is 8.72. The van der Waals surface area contributed by atoms with Crippen LogP contribution in [0.25, 0.3) is 0 Å². The van der Waals surface area contributed by atoms with Crippen LogP contribution in [0.2, 0.25) is 0 Å². The number of rotatable bonds is 7. The molecule has 4 N–H and O–H groups in total. The molecule has 0 aliphatic rings. The van der Waals surface area contributed by atoms with E-state index in [1.165, 1.54) is 5.56 Å². The Morgan fingerprint density at radius 3 is 2.33 bits per heavy atom. The second kappa shape index (κ2) is 8.29. The molecule has 0 aromatic heterocycles. The Balaban J connectivity index is 2.59. The number of nitrogens with one attached hydrogen (secondary N) is 2. The van der Waals surface area contributed by atoms with Crippen molar-refractivity contribution in [3.05, 3.63) is 35.9 Å². The average molecular weight is 291 g/mol. The number of benzene rings is 1. The van der Waals surface area contributed by atoms with Crippen molar-refractivity contribution < 1.29 is 9.59 Å². The molecule has 5 nitrogen and oxygen atoms in total. The summed E-state index contributed by atoms with van der Waals surface area (Å²) < 4.78 is 0. The van der Waals surface area contributed by atoms with E-state index in [9.17, 15) is 9.59 Å². The Labute approximate surface area is 126 Å². The fraction of sp³-hybridized carbons (Fsp3) is 0.500. The lowest BCUT2D eigenvalue weighted by Crippen LogP contribution is -2.52.